The van der Waals surface area contributed by atoms with E-state index in [0.717, 1.165) is 56.1 Å². The van der Waals surface area contributed by atoms with E-state index in [1.54, 1.807) is 0 Å². The molecule has 14 rings (SSSR count). The second-order valence-corrected chi connectivity index (χ2v) is 24.5. The molecule has 2 nitrogen and oxygen atoms in total. The van der Waals surface area contributed by atoms with Crippen LogP contribution in [0.4, 0.5) is 34.1 Å². The Labute approximate surface area is 490 Å². The van der Waals surface area contributed by atoms with Gasteiger partial charge in [-0.25, -0.2) is 0 Å². The molecule has 0 amide bonds. The Bertz CT molecular complexity index is 3980. The molecule has 0 spiro atoms. The van der Waals surface area contributed by atoms with Crippen LogP contribution in [0.2, 0.25) is 0 Å². The van der Waals surface area contributed by atoms with Crippen molar-refractivity contribution >= 4 is 57.2 Å². The molecule has 12 aromatic rings. The van der Waals surface area contributed by atoms with E-state index in [9.17, 15) is 0 Å². The van der Waals surface area contributed by atoms with Crippen LogP contribution in [0.5, 0.6) is 0 Å². The Morgan fingerprint density at radius 1 is 0.241 bits per heavy atom. The van der Waals surface area contributed by atoms with Crippen LogP contribution in [-0.4, -0.2) is 6.71 Å². The summed E-state index contributed by atoms with van der Waals surface area (Å²) in [5.74, 6) is 0. The smallest absolute Gasteiger partial charge is 0.252 e. The second-order valence-electron chi connectivity index (χ2n) is 24.5. The van der Waals surface area contributed by atoms with Crippen LogP contribution in [0.15, 0.2) is 285 Å². The third kappa shape index (κ3) is 9.47. The minimum Gasteiger partial charge on any atom is -0.311 e. The largest absolute Gasteiger partial charge is 0.311 e. The Kier molecular flexibility index (Phi) is 12.8. The highest BCUT2D eigenvalue weighted by molar-refractivity contribution is 7.00. The molecular formula is C80H65BN2. The summed E-state index contributed by atoms with van der Waals surface area (Å²) in [6.07, 6.45) is 0. The molecule has 0 saturated heterocycles. The van der Waals surface area contributed by atoms with E-state index in [0.29, 0.717) is 0 Å². The molecule has 0 bridgehead atoms. The van der Waals surface area contributed by atoms with Gasteiger partial charge in [-0.05, 0) is 177 Å². The summed E-state index contributed by atoms with van der Waals surface area (Å²) in [4.78, 5) is 5.28. The Balaban J connectivity index is 1.17. The highest BCUT2D eigenvalue weighted by Gasteiger charge is 2.46. The van der Waals surface area contributed by atoms with E-state index in [-0.39, 0.29) is 17.5 Å². The SMILES string of the molecule is CC(C)(C)c1cc2c(cc1-c1ccccc1)B1c3cc(-c4ccccc4)c(C(C)(C)C)cc3N(c3cc(-c4ccccc4)cc(-c4ccccc4)c3)c3cc(-c4ccccc4)cc(c31)N2c1cc(-c2ccccc2)cc(-c2ccccc2)c1. The van der Waals surface area contributed by atoms with Gasteiger partial charge in [0, 0.05) is 34.1 Å². The molecule has 0 aromatic heterocycles. The van der Waals surface area contributed by atoms with Gasteiger partial charge in [-0.15, -0.1) is 0 Å². The quantitative estimate of drug-likeness (QED) is 0.133. The number of hydrogen-bond acceptors (Lipinski definition) is 2. The van der Waals surface area contributed by atoms with Gasteiger partial charge in [0.25, 0.3) is 6.71 Å². The van der Waals surface area contributed by atoms with Crippen molar-refractivity contribution in [1.29, 1.82) is 0 Å². The molecule has 2 aliphatic heterocycles. The molecule has 2 aliphatic rings. The lowest BCUT2D eigenvalue weighted by molar-refractivity contribution is 0.592. The van der Waals surface area contributed by atoms with Crippen LogP contribution in [0.1, 0.15) is 52.7 Å². The molecule has 0 aliphatic carbocycles. The molecule has 83 heavy (non-hydrogen) atoms. The lowest BCUT2D eigenvalue weighted by Crippen LogP contribution is -2.61. The fourth-order valence-electron chi connectivity index (χ4n) is 13.1. The first-order chi connectivity index (χ1) is 40.4. The van der Waals surface area contributed by atoms with Crippen LogP contribution in [-0.2, 0) is 10.8 Å². The molecule has 0 saturated carbocycles. The molecule has 398 valence electrons. The molecule has 0 radical (unpaired) electrons. The summed E-state index contributed by atoms with van der Waals surface area (Å²) in [5, 5.41) is 0. The first kappa shape index (κ1) is 51.5. The van der Waals surface area contributed by atoms with Crippen molar-refractivity contribution in [3.05, 3.63) is 296 Å². The third-order valence-corrected chi connectivity index (χ3v) is 17.0. The number of benzene rings is 12. The van der Waals surface area contributed by atoms with Gasteiger partial charge in [-0.2, -0.15) is 0 Å². The van der Waals surface area contributed by atoms with Crippen molar-refractivity contribution in [2.75, 3.05) is 9.80 Å². The first-order valence-electron chi connectivity index (χ1n) is 29.3. The maximum Gasteiger partial charge on any atom is 0.252 e. The van der Waals surface area contributed by atoms with E-state index in [1.165, 1.54) is 83.4 Å². The predicted molar refractivity (Wildman–Crippen MR) is 356 cm³/mol. The fourth-order valence-corrected chi connectivity index (χ4v) is 13.1. The zero-order valence-electron chi connectivity index (χ0n) is 48.1. The molecular weight excluding hydrogens is 1000 g/mol. The van der Waals surface area contributed by atoms with Crippen molar-refractivity contribution < 1.29 is 0 Å². The second kappa shape index (κ2) is 20.7. The Hall–Kier alpha value is -9.70. The van der Waals surface area contributed by atoms with Gasteiger partial charge in [0.1, 0.15) is 0 Å². The summed E-state index contributed by atoms with van der Waals surface area (Å²) >= 11 is 0. The van der Waals surface area contributed by atoms with Crippen LogP contribution in [0.25, 0.3) is 77.9 Å². The molecule has 0 N–H and O–H groups in total. The highest BCUT2D eigenvalue weighted by Crippen LogP contribution is 2.51. The Morgan fingerprint density at radius 2 is 0.494 bits per heavy atom. The Morgan fingerprint density at radius 3 is 0.759 bits per heavy atom. The summed E-state index contributed by atoms with van der Waals surface area (Å²) in [5.41, 5.74) is 29.5. The van der Waals surface area contributed by atoms with Crippen LogP contribution >= 0.6 is 0 Å². The van der Waals surface area contributed by atoms with E-state index in [1.807, 2.05) is 0 Å². The van der Waals surface area contributed by atoms with Crippen molar-refractivity contribution in [3.63, 3.8) is 0 Å². The zero-order valence-corrected chi connectivity index (χ0v) is 48.1. The van der Waals surface area contributed by atoms with Gasteiger partial charge in [-0.3, -0.25) is 0 Å². The highest BCUT2D eigenvalue weighted by atomic mass is 15.2. The zero-order chi connectivity index (χ0) is 56.4. The molecule has 0 fully saturated rings. The van der Waals surface area contributed by atoms with Gasteiger partial charge >= 0.3 is 0 Å². The first-order valence-corrected chi connectivity index (χ1v) is 29.3. The third-order valence-electron chi connectivity index (χ3n) is 17.0. The minimum atomic E-state index is -0.214. The topological polar surface area (TPSA) is 6.48 Å². The van der Waals surface area contributed by atoms with Crippen LogP contribution in [0, 0.1) is 0 Å². The summed E-state index contributed by atoms with van der Waals surface area (Å²) < 4.78 is 0. The van der Waals surface area contributed by atoms with Crippen molar-refractivity contribution in [1.82, 2.24) is 0 Å². The lowest BCUT2D eigenvalue weighted by Gasteiger charge is -2.46. The average molecular weight is 1070 g/mol. The average Bonchev–Trinajstić information content (AvgIpc) is 3.69. The van der Waals surface area contributed by atoms with Crippen LogP contribution < -0.4 is 26.2 Å². The van der Waals surface area contributed by atoms with Crippen molar-refractivity contribution in [2.45, 2.75) is 52.4 Å². The lowest BCUT2D eigenvalue weighted by atomic mass is 9.33. The van der Waals surface area contributed by atoms with E-state index >= 15 is 0 Å². The van der Waals surface area contributed by atoms with Gasteiger partial charge < -0.3 is 9.80 Å². The normalized spacial score (nSPS) is 12.6. The minimum absolute atomic E-state index is 0.174. The van der Waals surface area contributed by atoms with Gasteiger partial charge in [0.05, 0.1) is 0 Å². The molecule has 0 atom stereocenters. The van der Waals surface area contributed by atoms with Gasteiger partial charge in [-0.1, -0.05) is 266 Å². The molecule has 0 unspecified atom stereocenters. The van der Waals surface area contributed by atoms with E-state index < -0.39 is 0 Å². The molecule has 2 heterocycles. The monoisotopic (exact) mass is 1060 g/mol. The summed E-state index contributed by atoms with van der Waals surface area (Å²) in [6.45, 7) is 14.1. The van der Waals surface area contributed by atoms with Gasteiger partial charge in [0.2, 0.25) is 0 Å². The number of anilines is 6. The number of fused-ring (bicyclic) bond motifs is 4. The molecule has 12 aromatic carbocycles. The summed E-state index contributed by atoms with van der Waals surface area (Å²) in [7, 11) is 0. The maximum atomic E-state index is 2.64. The fraction of sp³-hybridized carbons (Fsp3) is 0.100. The van der Waals surface area contributed by atoms with Crippen molar-refractivity contribution in [2.24, 2.45) is 0 Å². The predicted octanol–water partition coefficient (Wildman–Crippen LogP) is 20.0. The number of nitrogens with zero attached hydrogens (tertiary/aromatic N) is 2. The van der Waals surface area contributed by atoms with E-state index in [4.69, 9.17) is 0 Å². The number of hydrogen-bond donors (Lipinski definition) is 0. The van der Waals surface area contributed by atoms with Crippen molar-refractivity contribution in [3.8, 4) is 77.9 Å². The standard InChI is InChI=1S/C80H65BN2/c1-79(2,3)70-52-74-72(50-68(70)59-38-24-12-25-39-59)81-73-51-69(60-40-26-13-27-41-60)71(80(4,5)6)53-75(73)83(67-46-63(56-32-18-9-19-33-56)43-64(47-67)57-34-20-10-21-35-57)77-49-65(58-36-22-11-23-37-58)48-76(78(77)81)82(74)66-44-61(54-28-14-7-15-29-54)42-62(45-66)55-30-16-8-17-31-55/h7-53H,1-6H3. The van der Waals surface area contributed by atoms with Crippen LogP contribution in [0.3, 0.4) is 0 Å². The van der Waals surface area contributed by atoms with Gasteiger partial charge in [0.15, 0.2) is 0 Å². The molecule has 3 heteroatoms. The van der Waals surface area contributed by atoms with E-state index in [2.05, 4.69) is 336 Å². The summed E-state index contributed by atoms with van der Waals surface area (Å²) in [6, 6.07) is 107. The number of rotatable bonds is 9. The maximum absolute atomic E-state index is 2.64.